The number of carbonyl (C=O) groups is 1. The first-order valence-corrected chi connectivity index (χ1v) is 21.7. The van der Waals surface area contributed by atoms with Crippen molar-refractivity contribution in [2.45, 2.75) is 244 Å². The highest BCUT2D eigenvalue weighted by molar-refractivity contribution is 5.80. The zero-order valence-corrected chi connectivity index (χ0v) is 33.2. The number of amides is 1. The molecule has 296 valence electrons. The van der Waals surface area contributed by atoms with Gasteiger partial charge in [-0.05, 0) is 51.4 Å². The van der Waals surface area contributed by atoms with Crippen LogP contribution in [0.1, 0.15) is 219 Å². The van der Waals surface area contributed by atoms with Gasteiger partial charge in [0.1, 0.15) is 12.2 Å². The fourth-order valence-corrected chi connectivity index (χ4v) is 6.66. The maximum atomic E-state index is 12.4. The summed E-state index contributed by atoms with van der Waals surface area (Å²) in [7, 11) is 0. The molecular formula is C44H85NO5. The van der Waals surface area contributed by atoms with Crippen LogP contribution in [-0.4, -0.2) is 57.3 Å². The Balaban J connectivity index is 3.72. The molecule has 6 heteroatoms. The first kappa shape index (κ1) is 48.8. The van der Waals surface area contributed by atoms with Crippen molar-refractivity contribution in [1.82, 2.24) is 5.32 Å². The minimum Gasteiger partial charge on any atom is -0.394 e. The lowest BCUT2D eigenvalue weighted by molar-refractivity contribution is -0.132. The Morgan fingerprint density at radius 3 is 1.26 bits per heavy atom. The van der Waals surface area contributed by atoms with Crippen LogP contribution in [0.2, 0.25) is 0 Å². The molecule has 0 aliphatic heterocycles. The van der Waals surface area contributed by atoms with Gasteiger partial charge in [-0.2, -0.15) is 0 Å². The van der Waals surface area contributed by atoms with Gasteiger partial charge in [0.15, 0.2) is 0 Å². The van der Waals surface area contributed by atoms with Crippen LogP contribution in [0, 0.1) is 0 Å². The van der Waals surface area contributed by atoms with E-state index in [2.05, 4.69) is 43.5 Å². The summed E-state index contributed by atoms with van der Waals surface area (Å²) in [5, 5.41) is 43.4. The molecule has 1 amide bonds. The molecule has 0 aromatic rings. The molecule has 4 atom stereocenters. The smallest absolute Gasteiger partial charge is 0.249 e. The quantitative estimate of drug-likeness (QED) is 0.0323. The summed E-state index contributed by atoms with van der Waals surface area (Å²) in [5.74, 6) is -0.600. The molecule has 0 bridgehead atoms. The van der Waals surface area contributed by atoms with Crippen LogP contribution >= 0.6 is 0 Å². The summed E-state index contributed by atoms with van der Waals surface area (Å²) in [5.41, 5.74) is 0. The van der Waals surface area contributed by atoms with Gasteiger partial charge in [-0.25, -0.2) is 0 Å². The lowest BCUT2D eigenvalue weighted by Crippen LogP contribution is -2.53. The summed E-state index contributed by atoms with van der Waals surface area (Å²) in [6.07, 6.45) is 43.8. The molecule has 0 rings (SSSR count). The molecule has 50 heavy (non-hydrogen) atoms. The third-order valence-electron chi connectivity index (χ3n) is 10.1. The summed E-state index contributed by atoms with van der Waals surface area (Å²) in [4.78, 5) is 12.4. The lowest BCUT2D eigenvalue weighted by Gasteiger charge is -2.27. The van der Waals surface area contributed by atoms with E-state index in [1.54, 1.807) is 0 Å². The van der Waals surface area contributed by atoms with Crippen molar-refractivity contribution in [2.24, 2.45) is 0 Å². The Morgan fingerprint density at radius 2 is 0.840 bits per heavy atom. The summed E-state index contributed by atoms with van der Waals surface area (Å²) in [6, 6.07) is -1.00. The second-order valence-electron chi connectivity index (χ2n) is 15.0. The number of unbranched alkanes of at least 4 members (excludes halogenated alkanes) is 26. The Bertz CT molecular complexity index is 757. The van der Waals surface area contributed by atoms with Gasteiger partial charge < -0.3 is 25.7 Å². The van der Waals surface area contributed by atoms with Crippen molar-refractivity contribution < 1.29 is 25.2 Å². The number of aliphatic hydroxyl groups excluding tert-OH is 4. The molecule has 6 nitrogen and oxygen atoms in total. The van der Waals surface area contributed by atoms with Crippen LogP contribution in [0.15, 0.2) is 24.3 Å². The standard InChI is InChI=1S/C44H85NO5/c1-3-5-7-9-11-13-14-15-16-17-18-19-20-21-22-23-24-25-26-27-28-30-31-33-35-37-41(47)43(49)40(39-46)45-44(50)42(48)38-36-34-32-29-12-10-8-6-4-2/h25-26,30-31,40-43,46-49H,3-24,27-29,32-39H2,1-2H3,(H,45,50)/b26-25+,31-30+. The van der Waals surface area contributed by atoms with E-state index in [0.29, 0.717) is 19.3 Å². The number of allylic oxidation sites excluding steroid dienone is 4. The lowest BCUT2D eigenvalue weighted by atomic mass is 10.00. The van der Waals surface area contributed by atoms with E-state index in [0.717, 1.165) is 38.5 Å². The van der Waals surface area contributed by atoms with Crippen LogP contribution < -0.4 is 5.32 Å². The predicted octanol–water partition coefficient (Wildman–Crippen LogP) is 11.2. The number of hydrogen-bond acceptors (Lipinski definition) is 5. The molecule has 5 N–H and O–H groups in total. The molecule has 0 radical (unpaired) electrons. The third kappa shape index (κ3) is 32.7. The maximum absolute atomic E-state index is 12.4. The monoisotopic (exact) mass is 708 g/mol. The van der Waals surface area contributed by atoms with E-state index in [1.165, 1.54) is 148 Å². The molecule has 0 aliphatic rings. The highest BCUT2D eigenvalue weighted by Gasteiger charge is 2.28. The van der Waals surface area contributed by atoms with E-state index in [1.807, 2.05) is 0 Å². The van der Waals surface area contributed by atoms with Crippen molar-refractivity contribution in [1.29, 1.82) is 0 Å². The summed E-state index contributed by atoms with van der Waals surface area (Å²) >= 11 is 0. The summed E-state index contributed by atoms with van der Waals surface area (Å²) < 4.78 is 0. The van der Waals surface area contributed by atoms with Gasteiger partial charge in [-0.15, -0.1) is 0 Å². The van der Waals surface area contributed by atoms with Gasteiger partial charge in [0.05, 0.1) is 18.8 Å². The number of nitrogens with one attached hydrogen (secondary N) is 1. The number of aliphatic hydroxyl groups is 4. The van der Waals surface area contributed by atoms with Crippen molar-refractivity contribution >= 4 is 5.91 Å². The minimum absolute atomic E-state index is 0.361. The molecule has 0 aromatic carbocycles. The van der Waals surface area contributed by atoms with Crippen molar-refractivity contribution in [3.63, 3.8) is 0 Å². The van der Waals surface area contributed by atoms with Crippen LogP contribution in [0.4, 0.5) is 0 Å². The highest BCUT2D eigenvalue weighted by atomic mass is 16.3. The van der Waals surface area contributed by atoms with Crippen LogP contribution in [0.3, 0.4) is 0 Å². The first-order chi connectivity index (χ1) is 24.5. The van der Waals surface area contributed by atoms with Crippen LogP contribution in [0.5, 0.6) is 0 Å². The zero-order valence-electron chi connectivity index (χ0n) is 33.2. The van der Waals surface area contributed by atoms with Gasteiger partial charge in [0, 0.05) is 0 Å². The van der Waals surface area contributed by atoms with Crippen LogP contribution in [0.25, 0.3) is 0 Å². The number of hydrogen-bond donors (Lipinski definition) is 5. The van der Waals surface area contributed by atoms with E-state index in [4.69, 9.17) is 0 Å². The summed E-state index contributed by atoms with van der Waals surface area (Å²) in [6.45, 7) is 4.00. The second kappa shape index (κ2) is 39.0. The number of carbonyl (C=O) groups excluding carboxylic acids is 1. The zero-order chi connectivity index (χ0) is 36.8. The molecule has 0 spiro atoms. The number of rotatable bonds is 39. The van der Waals surface area contributed by atoms with Gasteiger partial charge in [0.25, 0.3) is 0 Å². The molecule has 0 saturated heterocycles. The third-order valence-corrected chi connectivity index (χ3v) is 10.1. The highest BCUT2D eigenvalue weighted by Crippen LogP contribution is 2.15. The largest absolute Gasteiger partial charge is 0.394 e. The van der Waals surface area contributed by atoms with E-state index < -0.39 is 36.9 Å². The molecule has 0 aromatic heterocycles. The molecule has 0 aliphatic carbocycles. The Labute approximate surface area is 310 Å². The molecule has 4 unspecified atom stereocenters. The van der Waals surface area contributed by atoms with E-state index >= 15 is 0 Å². The molecular weight excluding hydrogens is 622 g/mol. The SMILES string of the molecule is CCCCCCCCCCCCCCCCCC/C=C/CC/C=C/CCCC(O)C(O)C(CO)NC(=O)C(O)CCCCCCCCCCC. The first-order valence-electron chi connectivity index (χ1n) is 21.7. The Morgan fingerprint density at radius 1 is 0.480 bits per heavy atom. The van der Waals surface area contributed by atoms with Crippen molar-refractivity contribution in [3.8, 4) is 0 Å². The van der Waals surface area contributed by atoms with Gasteiger partial charge in [-0.3, -0.25) is 4.79 Å². The Hall–Kier alpha value is -1.21. The van der Waals surface area contributed by atoms with E-state index in [-0.39, 0.29) is 0 Å². The van der Waals surface area contributed by atoms with Gasteiger partial charge >= 0.3 is 0 Å². The molecule has 0 heterocycles. The van der Waals surface area contributed by atoms with Crippen molar-refractivity contribution in [3.05, 3.63) is 24.3 Å². The predicted molar refractivity (Wildman–Crippen MR) is 214 cm³/mol. The average Bonchev–Trinajstić information content (AvgIpc) is 3.12. The fourth-order valence-electron chi connectivity index (χ4n) is 6.66. The topological polar surface area (TPSA) is 110 Å². The fraction of sp³-hybridized carbons (Fsp3) is 0.886. The van der Waals surface area contributed by atoms with E-state index in [9.17, 15) is 25.2 Å². The second-order valence-corrected chi connectivity index (χ2v) is 15.0. The maximum Gasteiger partial charge on any atom is 0.249 e. The minimum atomic E-state index is -1.28. The van der Waals surface area contributed by atoms with Crippen molar-refractivity contribution in [2.75, 3.05) is 6.61 Å². The van der Waals surface area contributed by atoms with Gasteiger partial charge in [-0.1, -0.05) is 192 Å². The molecule has 0 fully saturated rings. The normalized spacial score (nSPS) is 14.4. The van der Waals surface area contributed by atoms with Gasteiger partial charge in [0.2, 0.25) is 5.91 Å². The molecule has 0 saturated carbocycles. The average molecular weight is 708 g/mol. The van der Waals surface area contributed by atoms with Crippen LogP contribution in [-0.2, 0) is 4.79 Å². The Kier molecular flexibility index (Phi) is 38.1.